The first-order valence-electron chi connectivity index (χ1n) is 24.4. The molecule has 4 heterocycles. The minimum atomic E-state index is -0.747. The maximum atomic E-state index is 17.4. The maximum absolute atomic E-state index is 17.4. The van der Waals surface area contributed by atoms with Gasteiger partial charge >= 0.3 is 0 Å². The monoisotopic (exact) mass is 1010 g/mol. The molecule has 4 aromatic heterocycles. The van der Waals surface area contributed by atoms with Crippen molar-refractivity contribution in [2.45, 2.75) is 0 Å². The van der Waals surface area contributed by atoms with Crippen LogP contribution in [0.25, 0.3) is 121 Å². The van der Waals surface area contributed by atoms with Gasteiger partial charge in [0.25, 0.3) is 0 Å². The van der Waals surface area contributed by atoms with Crippen LogP contribution < -0.4 is 0 Å². The zero-order chi connectivity index (χ0) is 53.2. The van der Waals surface area contributed by atoms with E-state index in [0.29, 0.717) is 66.0 Å². The molecule has 362 valence electrons. The Bertz CT molecular complexity index is 5220. The molecule has 0 spiro atoms. The summed E-state index contributed by atoms with van der Waals surface area (Å²) in [6.45, 7) is 0. The van der Waals surface area contributed by atoms with Crippen molar-refractivity contribution in [2.24, 2.45) is 0 Å². The smallest absolute Gasteiger partial charge is 0.148 e. The van der Waals surface area contributed by atoms with Gasteiger partial charge in [0.05, 0.1) is 101 Å². The molecule has 0 amide bonds. The van der Waals surface area contributed by atoms with Crippen molar-refractivity contribution in [3.05, 3.63) is 227 Å². The molecule has 10 aromatic carbocycles. The molecule has 0 bridgehead atoms. The van der Waals surface area contributed by atoms with Crippen LogP contribution in [0.15, 0.2) is 176 Å². The third-order valence-electron chi connectivity index (χ3n) is 15.0. The molecule has 0 N–H and O–H groups in total. The van der Waals surface area contributed by atoms with Gasteiger partial charge in [0, 0.05) is 60.8 Å². The lowest BCUT2D eigenvalue weighted by atomic mass is 10.0. The molecule has 0 saturated heterocycles. The second-order valence-electron chi connectivity index (χ2n) is 19.0. The Labute approximate surface area is 438 Å². The van der Waals surface area contributed by atoms with Gasteiger partial charge in [-0.25, -0.2) is 17.6 Å². The summed E-state index contributed by atoms with van der Waals surface area (Å²) in [5.41, 5.74) is 6.02. The molecule has 0 aliphatic carbocycles. The molecule has 14 rings (SSSR count). The molecule has 0 aliphatic rings. The van der Waals surface area contributed by atoms with Crippen molar-refractivity contribution in [3.63, 3.8) is 0 Å². The third-order valence-corrected chi connectivity index (χ3v) is 15.0. The van der Waals surface area contributed by atoms with E-state index in [-0.39, 0.29) is 50.4 Å². The average molecular weight is 1010 g/mol. The molecule has 0 atom stereocenters. The molecule has 13 heteroatoms. The Morgan fingerprint density at radius 1 is 0.295 bits per heavy atom. The van der Waals surface area contributed by atoms with Crippen LogP contribution in [0, 0.1) is 79.9 Å². The fourth-order valence-electron chi connectivity index (χ4n) is 11.7. The minimum Gasteiger partial charge on any atom is -0.307 e. The van der Waals surface area contributed by atoms with Crippen LogP contribution in [-0.2, 0) is 0 Å². The Morgan fingerprint density at radius 3 is 1.27 bits per heavy atom. The molecule has 0 fully saturated rings. The van der Waals surface area contributed by atoms with E-state index in [4.69, 9.17) is 0 Å². The number of aromatic nitrogens is 4. The largest absolute Gasteiger partial charge is 0.307 e. The summed E-state index contributed by atoms with van der Waals surface area (Å²) < 4.78 is 73.0. The van der Waals surface area contributed by atoms with Gasteiger partial charge in [0.2, 0.25) is 0 Å². The minimum absolute atomic E-state index is 0.0667. The molecular formula is C65H29F4N9. The Hall–Kier alpha value is -11.4. The summed E-state index contributed by atoms with van der Waals surface area (Å²) in [4.78, 5) is 0. The van der Waals surface area contributed by atoms with Gasteiger partial charge in [-0.1, -0.05) is 66.7 Å². The molecule has 0 saturated carbocycles. The van der Waals surface area contributed by atoms with Crippen LogP contribution in [0.2, 0.25) is 0 Å². The van der Waals surface area contributed by atoms with Crippen molar-refractivity contribution >= 4 is 87.2 Å². The van der Waals surface area contributed by atoms with Gasteiger partial charge in [-0.3, -0.25) is 0 Å². The van der Waals surface area contributed by atoms with Gasteiger partial charge < -0.3 is 18.3 Å². The van der Waals surface area contributed by atoms with Gasteiger partial charge in [-0.2, -0.15) is 26.3 Å². The lowest BCUT2D eigenvalue weighted by Crippen LogP contribution is -2.03. The second-order valence-corrected chi connectivity index (χ2v) is 19.0. The molecular weight excluding hydrogens is 983 g/mol. The summed E-state index contributed by atoms with van der Waals surface area (Å²) in [5.74, 6) is -2.93. The normalized spacial score (nSPS) is 11.5. The summed E-state index contributed by atoms with van der Waals surface area (Å²) in [5, 5.41) is 57.0. The van der Waals surface area contributed by atoms with E-state index in [1.54, 1.807) is 56.2 Å². The van der Waals surface area contributed by atoms with Crippen LogP contribution >= 0.6 is 0 Å². The SMILES string of the molecule is N#Cc1cc(C#N)c(-n2c3ccccc3c3cc4c5cc(-c6cc(F)c(-n7c8ccccc8c8cc9c%10ccccc%10n(-c%10c(C#N)cccc%10C#N)c9cc87)cc6F)ccc5n(-c5cc(F)ccc5F)c4cc32)c(C#N)c1. The second kappa shape index (κ2) is 16.8. The highest BCUT2D eigenvalue weighted by Gasteiger charge is 2.26. The number of hydrogen-bond acceptors (Lipinski definition) is 5. The van der Waals surface area contributed by atoms with Gasteiger partial charge in [-0.05, 0) is 103 Å². The number of nitriles is 5. The number of nitrogens with zero attached hydrogens (tertiary/aromatic N) is 9. The predicted octanol–water partition coefficient (Wildman–Crippen LogP) is 15.7. The maximum Gasteiger partial charge on any atom is 0.148 e. The first kappa shape index (κ1) is 45.2. The van der Waals surface area contributed by atoms with E-state index < -0.39 is 23.3 Å². The van der Waals surface area contributed by atoms with E-state index in [2.05, 4.69) is 24.3 Å². The number of halogens is 4. The summed E-state index contributed by atoms with van der Waals surface area (Å²) in [6, 6.07) is 59.1. The molecule has 0 radical (unpaired) electrons. The van der Waals surface area contributed by atoms with E-state index in [1.807, 2.05) is 102 Å². The highest BCUT2D eigenvalue weighted by Crippen LogP contribution is 2.45. The van der Waals surface area contributed by atoms with Crippen LogP contribution in [-0.4, -0.2) is 18.3 Å². The highest BCUT2D eigenvalue weighted by molar-refractivity contribution is 6.21. The molecule has 0 unspecified atom stereocenters. The Balaban J connectivity index is 1.00. The van der Waals surface area contributed by atoms with Crippen molar-refractivity contribution in [1.29, 1.82) is 26.3 Å². The van der Waals surface area contributed by atoms with Crippen LogP contribution in [0.3, 0.4) is 0 Å². The molecule has 78 heavy (non-hydrogen) atoms. The van der Waals surface area contributed by atoms with Crippen molar-refractivity contribution in [3.8, 4) is 64.2 Å². The van der Waals surface area contributed by atoms with Gasteiger partial charge in [0.1, 0.15) is 47.5 Å². The summed E-state index contributed by atoms with van der Waals surface area (Å²) in [7, 11) is 0. The first-order chi connectivity index (χ1) is 38.1. The van der Waals surface area contributed by atoms with Crippen LogP contribution in [0.5, 0.6) is 0 Å². The lowest BCUT2D eigenvalue weighted by Gasteiger charge is -2.14. The zero-order valence-corrected chi connectivity index (χ0v) is 40.3. The first-order valence-corrected chi connectivity index (χ1v) is 24.4. The van der Waals surface area contributed by atoms with E-state index in [1.165, 1.54) is 12.1 Å². The highest BCUT2D eigenvalue weighted by atomic mass is 19.1. The van der Waals surface area contributed by atoms with Crippen molar-refractivity contribution in [1.82, 2.24) is 18.3 Å². The lowest BCUT2D eigenvalue weighted by molar-refractivity contribution is 0.595. The topological polar surface area (TPSA) is 139 Å². The predicted molar refractivity (Wildman–Crippen MR) is 293 cm³/mol. The quantitative estimate of drug-likeness (QED) is 0.158. The average Bonchev–Trinajstić information content (AvgIpc) is 4.39. The Kier molecular flexibility index (Phi) is 9.74. The van der Waals surface area contributed by atoms with Gasteiger partial charge in [-0.15, -0.1) is 0 Å². The van der Waals surface area contributed by atoms with Crippen molar-refractivity contribution < 1.29 is 17.6 Å². The number of rotatable bonds is 5. The Morgan fingerprint density at radius 2 is 0.744 bits per heavy atom. The standard InChI is InChI=1S/C65H29F4N9/c66-41-17-18-51(67)62(23-41)76-57-19-16-36(22-46(57)50-25-49-44-12-3-6-15-56(44)78(61(49)29-59(50)76)65-39(33-73)20-35(30-70)21-40(65)34-74)45-26-53(69)63(27-52(45)68)75-54-13-4-1-10-42(54)47-24-48-43-11-2-5-14-55(43)77(60(48)28-58(47)75)64-37(31-71)8-7-9-38(64)32-72/h1-29H. The van der Waals surface area contributed by atoms with E-state index >= 15 is 17.6 Å². The van der Waals surface area contributed by atoms with E-state index in [9.17, 15) is 26.3 Å². The molecule has 9 nitrogen and oxygen atoms in total. The summed E-state index contributed by atoms with van der Waals surface area (Å²) in [6.07, 6.45) is 0. The van der Waals surface area contributed by atoms with E-state index in [0.717, 1.165) is 62.8 Å². The fourth-order valence-corrected chi connectivity index (χ4v) is 11.7. The fraction of sp³-hybridized carbons (Fsp3) is 0. The number of hydrogen-bond donors (Lipinski definition) is 0. The number of para-hydroxylation sites is 4. The number of fused-ring (bicyclic) bond motifs is 12. The molecule has 0 aliphatic heterocycles. The number of benzene rings is 10. The van der Waals surface area contributed by atoms with Crippen LogP contribution in [0.1, 0.15) is 27.8 Å². The van der Waals surface area contributed by atoms with Crippen molar-refractivity contribution in [2.75, 3.05) is 0 Å². The zero-order valence-electron chi connectivity index (χ0n) is 40.3. The molecule has 14 aromatic rings. The van der Waals surface area contributed by atoms with Crippen LogP contribution in [0.4, 0.5) is 17.6 Å². The van der Waals surface area contributed by atoms with Gasteiger partial charge in [0.15, 0.2) is 0 Å². The summed E-state index contributed by atoms with van der Waals surface area (Å²) >= 11 is 0. The third kappa shape index (κ3) is 6.30.